The first-order valence-corrected chi connectivity index (χ1v) is 13.4. The summed E-state index contributed by atoms with van der Waals surface area (Å²) in [6.45, 7) is 5.40. The number of ether oxygens (including phenoxy) is 1. The Labute approximate surface area is 238 Å². The molecule has 2 aromatic carbocycles. The number of nitrogens with zero attached hydrogens (tertiary/aromatic N) is 4. The maximum absolute atomic E-state index is 16.3. The minimum atomic E-state index is -5.05. The number of rotatable bonds is 5. The Bertz CT molecular complexity index is 1460. The fraction of sp³-hybridized carbons (Fsp3) is 0.379. The van der Waals surface area contributed by atoms with Crippen LogP contribution in [0.2, 0.25) is 0 Å². The number of hydrogen-bond acceptors (Lipinski definition) is 6. The van der Waals surface area contributed by atoms with Crippen molar-refractivity contribution in [1.82, 2.24) is 9.88 Å². The highest BCUT2D eigenvalue weighted by molar-refractivity contribution is 6.07. The molecule has 1 amide bonds. The van der Waals surface area contributed by atoms with E-state index in [4.69, 9.17) is 4.74 Å². The third-order valence-corrected chi connectivity index (χ3v) is 7.64. The van der Waals surface area contributed by atoms with Crippen molar-refractivity contribution in [3.8, 4) is 11.1 Å². The molecular formula is C29H29F6N5O2. The Morgan fingerprint density at radius 2 is 1.74 bits per heavy atom. The first-order valence-electron chi connectivity index (χ1n) is 13.4. The third-order valence-electron chi connectivity index (χ3n) is 7.64. The van der Waals surface area contributed by atoms with Gasteiger partial charge in [0.15, 0.2) is 5.82 Å². The number of likely N-dealkylation sites (N-methyl/N-ethyl adjacent to an activating group) is 1. The van der Waals surface area contributed by atoms with Gasteiger partial charge in [0.1, 0.15) is 23.1 Å². The lowest BCUT2D eigenvalue weighted by Gasteiger charge is -2.39. The number of pyridine rings is 1. The molecule has 0 spiro atoms. The van der Waals surface area contributed by atoms with Crippen LogP contribution in [0.1, 0.15) is 22.8 Å². The summed E-state index contributed by atoms with van der Waals surface area (Å²) in [5.74, 6) is -4.00. The summed E-state index contributed by atoms with van der Waals surface area (Å²) in [4.78, 5) is 23.2. The zero-order valence-corrected chi connectivity index (χ0v) is 22.9. The molecule has 3 aromatic rings. The first-order chi connectivity index (χ1) is 19.9. The van der Waals surface area contributed by atoms with Gasteiger partial charge in [-0.25, -0.2) is 18.2 Å². The molecule has 0 bridgehead atoms. The van der Waals surface area contributed by atoms with Crippen molar-refractivity contribution < 1.29 is 35.9 Å². The van der Waals surface area contributed by atoms with E-state index in [1.54, 1.807) is 11.0 Å². The largest absolute Gasteiger partial charge is 0.417 e. The summed E-state index contributed by atoms with van der Waals surface area (Å²) >= 11 is 0. The van der Waals surface area contributed by atoms with Gasteiger partial charge in [-0.05, 0) is 44.3 Å². The normalized spacial score (nSPS) is 18.3. The second-order valence-electron chi connectivity index (χ2n) is 10.4. The van der Waals surface area contributed by atoms with Gasteiger partial charge in [0.25, 0.3) is 5.91 Å². The summed E-state index contributed by atoms with van der Waals surface area (Å²) in [6, 6.07) is 5.75. The van der Waals surface area contributed by atoms with Gasteiger partial charge in [0.05, 0.1) is 35.6 Å². The predicted octanol–water partition coefficient (Wildman–Crippen LogP) is 5.41. The second-order valence-corrected chi connectivity index (χ2v) is 10.4. The monoisotopic (exact) mass is 593 g/mol. The summed E-state index contributed by atoms with van der Waals surface area (Å²) < 4.78 is 92.0. The summed E-state index contributed by atoms with van der Waals surface area (Å²) in [5.41, 5.74) is -3.33. The number of piperazine rings is 1. The Hall–Kier alpha value is -3.84. The molecule has 0 radical (unpaired) electrons. The second kappa shape index (κ2) is 11.8. The van der Waals surface area contributed by atoms with E-state index in [0.717, 1.165) is 6.07 Å². The fourth-order valence-electron chi connectivity index (χ4n) is 5.15. The fourth-order valence-corrected chi connectivity index (χ4v) is 5.15. The highest BCUT2D eigenvalue weighted by Crippen LogP contribution is 2.40. The topological polar surface area (TPSA) is 60.9 Å². The van der Waals surface area contributed by atoms with Crippen LogP contribution in [0.4, 0.5) is 43.5 Å². The molecule has 7 nitrogen and oxygen atoms in total. The number of anilines is 3. The number of carbonyl (C=O) groups is 1. The van der Waals surface area contributed by atoms with Gasteiger partial charge in [0.2, 0.25) is 0 Å². The average Bonchev–Trinajstić information content (AvgIpc) is 2.96. The van der Waals surface area contributed by atoms with Gasteiger partial charge >= 0.3 is 6.18 Å². The summed E-state index contributed by atoms with van der Waals surface area (Å²) in [7, 11) is 1.90. The molecule has 13 heteroatoms. The van der Waals surface area contributed by atoms with Crippen molar-refractivity contribution in [1.29, 1.82) is 0 Å². The SMILES string of the molecule is CC1CN(c2cc(F)c(-c3ccc(N4CCOCC4)nc3)c(F)c2NC(=O)c2ccc(F)cc2C(F)(F)F)CCN1C. The van der Waals surface area contributed by atoms with E-state index < -0.39 is 51.9 Å². The number of morpholine rings is 1. The van der Waals surface area contributed by atoms with Crippen molar-refractivity contribution in [2.75, 3.05) is 68.1 Å². The van der Waals surface area contributed by atoms with Gasteiger partial charge < -0.3 is 24.8 Å². The van der Waals surface area contributed by atoms with Crippen LogP contribution in [0.3, 0.4) is 0 Å². The number of hydrogen-bond donors (Lipinski definition) is 1. The smallest absolute Gasteiger partial charge is 0.378 e. The van der Waals surface area contributed by atoms with E-state index in [0.29, 0.717) is 63.9 Å². The van der Waals surface area contributed by atoms with Gasteiger partial charge in [-0.3, -0.25) is 4.79 Å². The molecule has 1 unspecified atom stereocenters. The molecule has 42 heavy (non-hydrogen) atoms. The van der Waals surface area contributed by atoms with Crippen molar-refractivity contribution >= 4 is 23.1 Å². The van der Waals surface area contributed by atoms with E-state index in [9.17, 15) is 22.4 Å². The molecule has 3 heterocycles. The molecule has 0 aliphatic carbocycles. The number of aromatic nitrogens is 1. The Morgan fingerprint density at radius 1 is 1.00 bits per heavy atom. The number of amides is 1. The molecule has 2 fully saturated rings. The standard InChI is InChI=1S/C29H29F6N5O2/c1-17-16-40(8-7-38(17)2)23-14-22(31)25(18-3-6-24(36-15-18)39-9-11-42-12-10-39)26(32)27(23)37-28(41)20-5-4-19(30)13-21(20)29(33,34)35/h3-6,13-15,17H,7-12,16H2,1-2H3,(H,37,41). The quantitative estimate of drug-likeness (QED) is 0.399. The van der Waals surface area contributed by atoms with Crippen molar-refractivity contribution in [3.63, 3.8) is 0 Å². The van der Waals surface area contributed by atoms with Crippen LogP contribution < -0.4 is 15.1 Å². The predicted molar refractivity (Wildman–Crippen MR) is 146 cm³/mol. The average molecular weight is 594 g/mol. The zero-order valence-electron chi connectivity index (χ0n) is 22.9. The van der Waals surface area contributed by atoms with Gasteiger partial charge in [0, 0.05) is 56.6 Å². The van der Waals surface area contributed by atoms with Crippen LogP contribution in [0, 0.1) is 17.5 Å². The number of carbonyl (C=O) groups excluding carboxylic acids is 1. The zero-order chi connectivity index (χ0) is 30.2. The lowest BCUT2D eigenvalue weighted by atomic mass is 10.0. The van der Waals surface area contributed by atoms with E-state index in [1.807, 2.05) is 23.8 Å². The molecule has 224 valence electrons. The minimum absolute atomic E-state index is 0.0148. The van der Waals surface area contributed by atoms with E-state index >= 15 is 8.78 Å². The maximum Gasteiger partial charge on any atom is 0.417 e. The van der Waals surface area contributed by atoms with Crippen LogP contribution in [0.15, 0.2) is 42.6 Å². The van der Waals surface area contributed by atoms with Crippen LogP contribution in [0.5, 0.6) is 0 Å². The molecule has 1 atom stereocenters. The number of alkyl halides is 3. The lowest BCUT2D eigenvalue weighted by Crippen LogP contribution is -2.50. The van der Waals surface area contributed by atoms with Gasteiger partial charge in [-0.15, -0.1) is 0 Å². The van der Waals surface area contributed by atoms with E-state index in [1.165, 1.54) is 12.3 Å². The highest BCUT2D eigenvalue weighted by Gasteiger charge is 2.36. The molecule has 2 aliphatic rings. The first kappa shape index (κ1) is 29.6. The maximum atomic E-state index is 16.3. The van der Waals surface area contributed by atoms with Crippen LogP contribution >= 0.6 is 0 Å². The molecule has 1 aromatic heterocycles. The van der Waals surface area contributed by atoms with Gasteiger partial charge in [-0.2, -0.15) is 13.2 Å². The summed E-state index contributed by atoms with van der Waals surface area (Å²) in [5, 5.41) is 2.25. The summed E-state index contributed by atoms with van der Waals surface area (Å²) in [6.07, 6.45) is -3.75. The molecule has 1 N–H and O–H groups in total. The molecule has 2 aliphatic heterocycles. The third kappa shape index (κ3) is 6.02. The Kier molecular flexibility index (Phi) is 8.33. The number of nitrogens with one attached hydrogen (secondary N) is 1. The lowest BCUT2D eigenvalue weighted by molar-refractivity contribution is -0.138. The molecule has 2 saturated heterocycles. The van der Waals surface area contributed by atoms with Gasteiger partial charge in [-0.1, -0.05) is 0 Å². The number of halogens is 6. The van der Waals surface area contributed by atoms with E-state index in [2.05, 4.69) is 10.3 Å². The van der Waals surface area contributed by atoms with Crippen LogP contribution in [-0.4, -0.2) is 74.8 Å². The number of benzene rings is 2. The van der Waals surface area contributed by atoms with Crippen LogP contribution in [-0.2, 0) is 10.9 Å². The Balaban J connectivity index is 1.57. The van der Waals surface area contributed by atoms with Crippen molar-refractivity contribution in [2.45, 2.75) is 19.1 Å². The minimum Gasteiger partial charge on any atom is -0.378 e. The Morgan fingerprint density at radius 3 is 2.38 bits per heavy atom. The van der Waals surface area contributed by atoms with Crippen molar-refractivity contribution in [2.24, 2.45) is 0 Å². The molecular weight excluding hydrogens is 564 g/mol. The van der Waals surface area contributed by atoms with Crippen LogP contribution in [0.25, 0.3) is 11.1 Å². The van der Waals surface area contributed by atoms with Crippen molar-refractivity contribution in [3.05, 3.63) is 71.2 Å². The highest BCUT2D eigenvalue weighted by atomic mass is 19.4. The van der Waals surface area contributed by atoms with E-state index in [-0.39, 0.29) is 23.4 Å². The molecule has 0 saturated carbocycles. The molecule has 5 rings (SSSR count).